The summed E-state index contributed by atoms with van der Waals surface area (Å²) in [6.07, 6.45) is 2.35. The molecule has 176 valence electrons. The number of nitrogens with zero attached hydrogens (tertiary/aromatic N) is 3. The van der Waals surface area contributed by atoms with Gasteiger partial charge in [-0.3, -0.25) is 4.79 Å². The van der Waals surface area contributed by atoms with Crippen LogP contribution in [-0.2, 0) is 6.42 Å². The molecular weight excluding hydrogens is 464 g/mol. The Labute approximate surface area is 200 Å². The number of hydrogen-bond acceptors (Lipinski definition) is 7. The summed E-state index contributed by atoms with van der Waals surface area (Å²) in [6.45, 7) is 6.20. The number of rotatable bonds is 8. The molecule has 1 saturated heterocycles. The van der Waals surface area contributed by atoms with Gasteiger partial charge in [0.2, 0.25) is 0 Å². The van der Waals surface area contributed by atoms with E-state index >= 15 is 0 Å². The number of amides is 1. The molecule has 1 fully saturated rings. The van der Waals surface area contributed by atoms with Gasteiger partial charge in [0.1, 0.15) is 0 Å². The van der Waals surface area contributed by atoms with Crippen LogP contribution >= 0.6 is 22.9 Å². The van der Waals surface area contributed by atoms with Gasteiger partial charge < -0.3 is 25.6 Å². The lowest BCUT2D eigenvalue weighted by molar-refractivity contribution is 0.0699. The van der Waals surface area contributed by atoms with E-state index in [2.05, 4.69) is 37.4 Å². The first-order valence-corrected chi connectivity index (χ1v) is 12.3. The van der Waals surface area contributed by atoms with E-state index in [4.69, 9.17) is 11.6 Å². The highest BCUT2D eigenvalue weighted by Gasteiger charge is 2.32. The Bertz CT molecular complexity index is 1160. The van der Waals surface area contributed by atoms with Crippen LogP contribution in [0.25, 0.3) is 10.2 Å². The van der Waals surface area contributed by atoms with Crippen LogP contribution in [0.4, 0.5) is 5.13 Å². The maximum Gasteiger partial charge on any atom is 0.337 e. The van der Waals surface area contributed by atoms with Crippen LogP contribution in [0.3, 0.4) is 0 Å². The molecular formula is C22H27ClN6O3S. The van der Waals surface area contributed by atoms with E-state index in [0.717, 1.165) is 23.8 Å². The number of aromatic amines is 1. The first-order chi connectivity index (χ1) is 15.9. The number of aryl methyl sites for hydroxylation is 1. The summed E-state index contributed by atoms with van der Waals surface area (Å²) < 4.78 is 0.676. The number of imidazole rings is 1. The number of hydrogen-bond donors (Lipinski definition) is 4. The van der Waals surface area contributed by atoms with Gasteiger partial charge in [-0.1, -0.05) is 42.9 Å². The summed E-state index contributed by atoms with van der Waals surface area (Å²) in [6, 6.07) is 5.07. The van der Waals surface area contributed by atoms with E-state index in [-0.39, 0.29) is 29.4 Å². The van der Waals surface area contributed by atoms with Crippen molar-refractivity contribution in [3.05, 3.63) is 40.4 Å². The van der Waals surface area contributed by atoms with E-state index in [1.54, 1.807) is 12.1 Å². The largest absolute Gasteiger partial charge is 0.478 e. The molecule has 33 heavy (non-hydrogen) atoms. The Kier molecular flexibility index (Phi) is 7.16. The number of thiazole rings is 1. The minimum absolute atomic E-state index is 0.00434. The van der Waals surface area contributed by atoms with E-state index in [1.807, 2.05) is 13.0 Å². The van der Waals surface area contributed by atoms with Crippen LogP contribution < -0.4 is 15.5 Å². The van der Waals surface area contributed by atoms with Crippen molar-refractivity contribution in [2.24, 2.45) is 0 Å². The van der Waals surface area contributed by atoms with E-state index in [1.165, 1.54) is 11.3 Å². The van der Waals surface area contributed by atoms with Crippen LogP contribution in [0.1, 0.15) is 53.4 Å². The number of piperidine rings is 1. The number of halogens is 1. The number of carboxylic acid groups (broad SMARTS) is 1. The maximum atomic E-state index is 12.8. The average Bonchev–Trinajstić information content (AvgIpc) is 3.41. The van der Waals surface area contributed by atoms with Crippen molar-refractivity contribution in [3.8, 4) is 0 Å². The summed E-state index contributed by atoms with van der Waals surface area (Å²) in [5.74, 6) is -1.01. The monoisotopic (exact) mass is 490 g/mol. The normalized spacial score (nSPS) is 18.6. The zero-order valence-corrected chi connectivity index (χ0v) is 20.1. The second kappa shape index (κ2) is 10.1. The molecule has 2 aromatic heterocycles. The molecule has 2 atom stereocenters. The first kappa shape index (κ1) is 23.5. The molecule has 4 N–H and O–H groups in total. The second-order valence-corrected chi connectivity index (χ2v) is 9.37. The molecule has 0 spiro atoms. The molecule has 9 nitrogen and oxygen atoms in total. The maximum absolute atomic E-state index is 12.8. The third kappa shape index (κ3) is 4.97. The molecule has 0 bridgehead atoms. The highest BCUT2D eigenvalue weighted by molar-refractivity contribution is 7.22. The molecule has 2 unspecified atom stereocenters. The lowest BCUT2D eigenvalue weighted by atomic mass is 9.99. The quantitative estimate of drug-likeness (QED) is 0.382. The Morgan fingerprint density at radius 1 is 1.30 bits per heavy atom. The molecule has 1 aliphatic heterocycles. The Morgan fingerprint density at radius 2 is 2.12 bits per heavy atom. The van der Waals surface area contributed by atoms with Crippen LogP contribution in [-0.4, -0.2) is 63.7 Å². The third-order valence-corrected chi connectivity index (χ3v) is 7.27. The number of nitrogens with one attached hydrogen (secondary N) is 3. The van der Waals surface area contributed by atoms with Gasteiger partial charge in [0.25, 0.3) is 5.91 Å². The van der Waals surface area contributed by atoms with Gasteiger partial charge in [-0.25, -0.2) is 14.8 Å². The first-order valence-electron chi connectivity index (χ1n) is 11.1. The molecule has 1 amide bonds. The van der Waals surface area contributed by atoms with Crippen molar-refractivity contribution in [1.82, 2.24) is 25.6 Å². The molecule has 3 aromatic rings. The molecule has 1 aromatic carbocycles. The van der Waals surface area contributed by atoms with Crippen molar-refractivity contribution in [3.63, 3.8) is 0 Å². The van der Waals surface area contributed by atoms with Gasteiger partial charge in [-0.2, -0.15) is 0 Å². The van der Waals surface area contributed by atoms with E-state index in [9.17, 15) is 14.7 Å². The number of aromatic carboxylic acids is 1. The summed E-state index contributed by atoms with van der Waals surface area (Å²) in [4.78, 5) is 38.4. The van der Waals surface area contributed by atoms with Crippen molar-refractivity contribution in [1.29, 1.82) is 0 Å². The second-order valence-electron chi connectivity index (χ2n) is 8.04. The summed E-state index contributed by atoms with van der Waals surface area (Å²) in [7, 11) is 0. The predicted molar refractivity (Wildman–Crippen MR) is 130 cm³/mol. The highest BCUT2D eigenvalue weighted by Crippen LogP contribution is 2.33. The summed E-state index contributed by atoms with van der Waals surface area (Å²) >= 11 is 7.49. The zero-order valence-electron chi connectivity index (χ0n) is 18.5. The SMILES string of the molecule is CCCNC1CN(c2nc3cccc(C(=O)O)c3s2)CCC1NC(=O)c1nc(Cl)c(CC)[nH]1. The number of H-pyrrole nitrogens is 1. The average molecular weight is 491 g/mol. The van der Waals surface area contributed by atoms with Gasteiger partial charge in [0.15, 0.2) is 16.1 Å². The van der Waals surface area contributed by atoms with E-state index in [0.29, 0.717) is 41.3 Å². The number of anilines is 1. The van der Waals surface area contributed by atoms with Crippen molar-refractivity contribution in [2.45, 2.75) is 45.2 Å². The molecule has 4 rings (SSSR count). The summed E-state index contributed by atoms with van der Waals surface area (Å²) in [5, 5.41) is 17.3. The molecule has 1 aliphatic rings. The highest BCUT2D eigenvalue weighted by atomic mass is 35.5. The number of benzene rings is 1. The molecule has 0 saturated carbocycles. The fourth-order valence-electron chi connectivity index (χ4n) is 4.04. The third-order valence-electron chi connectivity index (χ3n) is 5.79. The van der Waals surface area contributed by atoms with Gasteiger partial charge in [0, 0.05) is 25.2 Å². The standard InChI is InChI=1S/C22H27ClN6O3S/c1-3-9-24-16-11-29(22-27-15-7-5-6-12(21(31)32)17(15)33-22)10-8-14(16)26-20(30)19-25-13(4-2)18(23)28-19/h5-7,14,16,24H,3-4,8-11H2,1-2H3,(H,25,28)(H,26,30)(H,31,32). The van der Waals surface area contributed by atoms with E-state index < -0.39 is 5.97 Å². The number of carboxylic acids is 1. The molecule has 0 aliphatic carbocycles. The lowest BCUT2D eigenvalue weighted by Gasteiger charge is -2.39. The van der Waals surface area contributed by atoms with Crippen molar-refractivity contribution < 1.29 is 14.7 Å². The van der Waals surface area contributed by atoms with Crippen LogP contribution in [0.2, 0.25) is 5.15 Å². The van der Waals surface area contributed by atoms with Gasteiger partial charge in [-0.15, -0.1) is 0 Å². The molecule has 3 heterocycles. The number of carbonyl (C=O) groups is 2. The number of aromatic nitrogens is 3. The zero-order chi connectivity index (χ0) is 23.5. The van der Waals surface area contributed by atoms with Crippen LogP contribution in [0.15, 0.2) is 18.2 Å². The number of fused-ring (bicyclic) bond motifs is 1. The topological polar surface area (TPSA) is 123 Å². The Morgan fingerprint density at radius 3 is 2.82 bits per heavy atom. The van der Waals surface area contributed by atoms with Crippen molar-refractivity contribution >= 4 is 50.2 Å². The fourth-order valence-corrected chi connectivity index (χ4v) is 5.41. The minimum atomic E-state index is -0.955. The van der Waals surface area contributed by atoms with Gasteiger partial charge in [0.05, 0.1) is 21.5 Å². The van der Waals surface area contributed by atoms with Crippen LogP contribution in [0.5, 0.6) is 0 Å². The van der Waals surface area contributed by atoms with Gasteiger partial charge in [-0.05, 0) is 37.9 Å². The van der Waals surface area contributed by atoms with Crippen molar-refractivity contribution in [2.75, 3.05) is 24.5 Å². The van der Waals surface area contributed by atoms with Crippen LogP contribution in [0, 0.1) is 0 Å². The Balaban J connectivity index is 1.51. The smallest absolute Gasteiger partial charge is 0.337 e. The summed E-state index contributed by atoms with van der Waals surface area (Å²) in [5.41, 5.74) is 1.70. The predicted octanol–water partition coefficient (Wildman–Crippen LogP) is 3.31. The molecule has 0 radical (unpaired) electrons. The number of carbonyl (C=O) groups excluding carboxylic acids is 1. The lowest BCUT2D eigenvalue weighted by Crippen LogP contribution is -2.59. The molecule has 11 heteroatoms. The fraction of sp³-hybridized carbons (Fsp3) is 0.455. The van der Waals surface area contributed by atoms with Gasteiger partial charge >= 0.3 is 5.97 Å². The Hall–Kier alpha value is -2.69. The minimum Gasteiger partial charge on any atom is -0.478 e.